The summed E-state index contributed by atoms with van der Waals surface area (Å²) in [6, 6.07) is 3.60. The van der Waals surface area contributed by atoms with Crippen molar-refractivity contribution in [3.8, 4) is 0 Å². The predicted octanol–water partition coefficient (Wildman–Crippen LogP) is 0.0370. The van der Waals surface area contributed by atoms with E-state index in [0.29, 0.717) is 61.8 Å². The zero-order chi connectivity index (χ0) is 16.7. The largest absolute Gasteiger partial charge is 0.378 e. The first-order valence-corrected chi connectivity index (χ1v) is 7.85. The molecule has 1 aliphatic heterocycles. The summed E-state index contributed by atoms with van der Waals surface area (Å²) in [6.45, 7) is 2.87. The lowest BCUT2D eigenvalue weighted by Crippen LogP contribution is -2.41. The summed E-state index contributed by atoms with van der Waals surface area (Å²) in [5.41, 5.74) is 8.60. The quantitative estimate of drug-likeness (QED) is 0.626. The summed E-state index contributed by atoms with van der Waals surface area (Å²) < 4.78 is 7.06. The highest BCUT2D eigenvalue weighted by Crippen LogP contribution is 2.22. The predicted molar refractivity (Wildman–Crippen MR) is 88.6 cm³/mol. The average molecular weight is 330 g/mol. The molecule has 1 fully saturated rings. The van der Waals surface area contributed by atoms with Crippen molar-refractivity contribution in [1.29, 1.82) is 0 Å². The molecule has 0 unspecified atom stereocenters. The second-order valence-corrected chi connectivity index (χ2v) is 5.83. The van der Waals surface area contributed by atoms with Gasteiger partial charge in [0.05, 0.1) is 35.3 Å². The molecule has 24 heavy (non-hydrogen) atoms. The van der Waals surface area contributed by atoms with Crippen molar-refractivity contribution in [3.05, 3.63) is 22.6 Å². The Kier molecular flexibility index (Phi) is 3.49. The van der Waals surface area contributed by atoms with Crippen molar-refractivity contribution in [3.63, 3.8) is 0 Å². The Labute approximate surface area is 136 Å². The SMILES string of the molecule is Nc1nc2cc3[nH]c(=O)[nH]c3cc2n1CCC(=O)N1CCOCC1. The van der Waals surface area contributed by atoms with Gasteiger partial charge < -0.3 is 29.9 Å². The van der Waals surface area contributed by atoms with Crippen LogP contribution in [0.15, 0.2) is 16.9 Å². The maximum absolute atomic E-state index is 12.3. The van der Waals surface area contributed by atoms with Crippen LogP contribution in [0.1, 0.15) is 6.42 Å². The molecule has 0 spiro atoms. The number of imidazole rings is 2. The number of ether oxygens (including phenoxy) is 1. The molecule has 126 valence electrons. The van der Waals surface area contributed by atoms with Gasteiger partial charge in [0, 0.05) is 26.1 Å². The number of morpholine rings is 1. The van der Waals surface area contributed by atoms with Gasteiger partial charge in [-0.15, -0.1) is 0 Å². The molecule has 4 rings (SSSR count). The number of aromatic nitrogens is 4. The molecule has 0 radical (unpaired) electrons. The second kappa shape index (κ2) is 5.68. The van der Waals surface area contributed by atoms with Gasteiger partial charge in [-0.25, -0.2) is 9.78 Å². The van der Waals surface area contributed by atoms with Gasteiger partial charge >= 0.3 is 5.69 Å². The highest BCUT2D eigenvalue weighted by Gasteiger charge is 2.18. The van der Waals surface area contributed by atoms with Crippen LogP contribution in [0.5, 0.6) is 0 Å². The highest BCUT2D eigenvalue weighted by molar-refractivity contribution is 5.92. The summed E-state index contributed by atoms with van der Waals surface area (Å²) in [5, 5.41) is 0. The van der Waals surface area contributed by atoms with Gasteiger partial charge in [0.15, 0.2) is 0 Å². The lowest BCUT2D eigenvalue weighted by molar-refractivity contribution is -0.135. The molecule has 1 amide bonds. The van der Waals surface area contributed by atoms with Crippen LogP contribution in [-0.4, -0.2) is 56.6 Å². The Balaban J connectivity index is 1.60. The molecule has 0 saturated carbocycles. The number of nitrogens with two attached hydrogens (primary N) is 1. The van der Waals surface area contributed by atoms with Crippen molar-refractivity contribution >= 4 is 33.9 Å². The number of amides is 1. The van der Waals surface area contributed by atoms with Gasteiger partial charge in [0.2, 0.25) is 11.9 Å². The zero-order valence-electron chi connectivity index (χ0n) is 13.0. The molecule has 4 N–H and O–H groups in total. The van der Waals surface area contributed by atoms with Crippen LogP contribution >= 0.6 is 0 Å². The fourth-order valence-corrected chi connectivity index (χ4v) is 3.09. The van der Waals surface area contributed by atoms with E-state index in [4.69, 9.17) is 10.5 Å². The highest BCUT2D eigenvalue weighted by atomic mass is 16.5. The number of nitrogen functional groups attached to an aromatic ring is 1. The number of nitrogens with one attached hydrogen (secondary N) is 2. The van der Waals surface area contributed by atoms with E-state index in [2.05, 4.69) is 15.0 Å². The van der Waals surface area contributed by atoms with E-state index in [-0.39, 0.29) is 11.6 Å². The van der Waals surface area contributed by atoms with E-state index < -0.39 is 0 Å². The summed E-state index contributed by atoms with van der Waals surface area (Å²) in [7, 11) is 0. The fraction of sp³-hybridized carbons (Fsp3) is 0.400. The average Bonchev–Trinajstić information content (AvgIpc) is 3.08. The topological polar surface area (TPSA) is 122 Å². The van der Waals surface area contributed by atoms with E-state index in [1.165, 1.54) is 0 Å². The monoisotopic (exact) mass is 330 g/mol. The van der Waals surface area contributed by atoms with Crippen molar-refractivity contribution in [2.24, 2.45) is 0 Å². The minimum absolute atomic E-state index is 0.0793. The van der Waals surface area contributed by atoms with Crippen molar-refractivity contribution < 1.29 is 9.53 Å². The van der Waals surface area contributed by atoms with Crippen LogP contribution in [0.4, 0.5) is 5.95 Å². The maximum atomic E-state index is 12.3. The van der Waals surface area contributed by atoms with Gasteiger partial charge in [-0.2, -0.15) is 0 Å². The van der Waals surface area contributed by atoms with Crippen molar-refractivity contribution in [1.82, 2.24) is 24.4 Å². The first-order chi connectivity index (χ1) is 11.6. The number of aromatic amines is 2. The first kappa shape index (κ1) is 14.8. The van der Waals surface area contributed by atoms with Crippen LogP contribution in [-0.2, 0) is 16.1 Å². The van der Waals surface area contributed by atoms with E-state index in [9.17, 15) is 9.59 Å². The number of nitrogens with zero attached hydrogens (tertiary/aromatic N) is 3. The number of hydrogen-bond acceptors (Lipinski definition) is 5. The van der Waals surface area contributed by atoms with E-state index in [0.717, 1.165) is 5.52 Å². The van der Waals surface area contributed by atoms with Crippen molar-refractivity contribution in [2.75, 3.05) is 32.0 Å². The number of carbonyl (C=O) groups excluding carboxylic acids is 1. The van der Waals surface area contributed by atoms with Crippen molar-refractivity contribution in [2.45, 2.75) is 13.0 Å². The molecule has 1 aliphatic rings. The van der Waals surface area contributed by atoms with Crippen LogP contribution in [0, 0.1) is 0 Å². The molecule has 1 aromatic carbocycles. The number of rotatable bonds is 3. The minimum Gasteiger partial charge on any atom is -0.378 e. The normalized spacial score (nSPS) is 15.4. The Bertz CT molecular complexity index is 963. The van der Waals surface area contributed by atoms with E-state index in [1.54, 1.807) is 15.5 Å². The van der Waals surface area contributed by atoms with Crippen LogP contribution in [0.25, 0.3) is 22.1 Å². The molecule has 3 aromatic rings. The molecule has 9 heteroatoms. The van der Waals surface area contributed by atoms with Crippen LogP contribution in [0.3, 0.4) is 0 Å². The first-order valence-electron chi connectivity index (χ1n) is 7.85. The Morgan fingerprint density at radius 2 is 1.96 bits per heavy atom. The molecule has 3 heterocycles. The lowest BCUT2D eigenvalue weighted by Gasteiger charge is -2.27. The number of carbonyl (C=O) groups is 1. The third-order valence-electron chi connectivity index (χ3n) is 4.33. The molecule has 2 aromatic heterocycles. The van der Waals surface area contributed by atoms with Gasteiger partial charge in [0.1, 0.15) is 0 Å². The summed E-state index contributed by atoms with van der Waals surface area (Å²) >= 11 is 0. The molecule has 9 nitrogen and oxygen atoms in total. The van der Waals surface area contributed by atoms with Crippen LogP contribution < -0.4 is 11.4 Å². The molecular formula is C15H18N6O3. The minimum atomic E-state index is -0.264. The molecule has 0 atom stereocenters. The number of benzene rings is 1. The number of aryl methyl sites for hydroxylation is 1. The maximum Gasteiger partial charge on any atom is 0.323 e. The standard InChI is InChI=1S/C15H18N6O3/c16-14-17-11-7-9-10(19-15(23)18-9)8-12(11)21(14)2-1-13(22)20-3-5-24-6-4-20/h7-8H,1-6H2,(H2,16,17)(H2,18,19,23). The summed E-state index contributed by atoms with van der Waals surface area (Å²) in [6.07, 6.45) is 0.345. The number of fused-ring (bicyclic) bond motifs is 2. The summed E-state index contributed by atoms with van der Waals surface area (Å²) in [4.78, 5) is 35.3. The van der Waals surface area contributed by atoms with Gasteiger partial charge in [-0.05, 0) is 12.1 Å². The number of H-pyrrole nitrogens is 2. The Morgan fingerprint density at radius 1 is 1.25 bits per heavy atom. The van der Waals surface area contributed by atoms with Gasteiger partial charge in [0.25, 0.3) is 0 Å². The number of hydrogen-bond donors (Lipinski definition) is 3. The molecule has 1 saturated heterocycles. The van der Waals surface area contributed by atoms with E-state index >= 15 is 0 Å². The summed E-state index contributed by atoms with van der Waals surface area (Å²) in [5.74, 6) is 0.436. The lowest BCUT2D eigenvalue weighted by atomic mass is 10.2. The Hall–Kier alpha value is -2.81. The van der Waals surface area contributed by atoms with Crippen LogP contribution in [0.2, 0.25) is 0 Å². The van der Waals surface area contributed by atoms with Gasteiger partial charge in [-0.3, -0.25) is 4.79 Å². The molecule has 0 aliphatic carbocycles. The van der Waals surface area contributed by atoms with E-state index in [1.807, 2.05) is 6.07 Å². The molecular weight excluding hydrogens is 312 g/mol. The number of anilines is 1. The zero-order valence-corrected chi connectivity index (χ0v) is 13.0. The third-order valence-corrected chi connectivity index (χ3v) is 4.33. The second-order valence-electron chi connectivity index (χ2n) is 5.83. The smallest absolute Gasteiger partial charge is 0.323 e. The fourth-order valence-electron chi connectivity index (χ4n) is 3.09. The van der Waals surface area contributed by atoms with Gasteiger partial charge in [-0.1, -0.05) is 0 Å². The third kappa shape index (κ3) is 2.52. The Morgan fingerprint density at radius 3 is 2.71 bits per heavy atom. The molecule has 0 bridgehead atoms.